The number of carbonyl (C=O) groups excluding carboxylic acids is 1. The fraction of sp³-hybridized carbons (Fsp3) is 0.921. The van der Waals surface area contributed by atoms with Gasteiger partial charge in [-0.3, -0.25) is 0 Å². The van der Waals surface area contributed by atoms with Crippen LogP contribution in [0.25, 0.3) is 0 Å². The highest BCUT2D eigenvalue weighted by atomic mass is 16.6. The number of carbonyl (C=O) groups is 1. The van der Waals surface area contributed by atoms with Gasteiger partial charge in [0, 0.05) is 21.8 Å². The quantitative estimate of drug-likeness (QED) is 0.135. The highest BCUT2D eigenvalue weighted by Crippen LogP contribution is 2.79. The molecule has 0 saturated heterocycles. The molecule has 0 radical (unpaired) electrons. The molecule has 4 aliphatic carbocycles. The van der Waals surface area contributed by atoms with E-state index in [0.717, 1.165) is 19.3 Å². The molecule has 4 bridgehead atoms. The largest absolute Gasteiger partial charge is 0.456 e. The van der Waals surface area contributed by atoms with Crippen LogP contribution in [0, 0.1) is 16.2 Å². The summed E-state index contributed by atoms with van der Waals surface area (Å²) in [5, 5.41) is 32.9. The summed E-state index contributed by atoms with van der Waals surface area (Å²) >= 11 is 0. The van der Waals surface area contributed by atoms with Crippen molar-refractivity contribution in [3.63, 3.8) is 0 Å². The Kier molecular flexibility index (Phi) is 9.86. The van der Waals surface area contributed by atoms with Gasteiger partial charge < -0.3 is 34.3 Å². The number of ether oxygens (including phenoxy) is 4. The summed E-state index contributed by atoms with van der Waals surface area (Å²) in [6.07, 6.45) is 2.54. The lowest BCUT2D eigenvalue weighted by Crippen LogP contribution is -2.77. The number of hydrogen-bond acceptors (Lipinski definition) is 8. The zero-order valence-corrected chi connectivity index (χ0v) is 32.1. The van der Waals surface area contributed by atoms with Crippen LogP contribution in [0.15, 0.2) is 12.2 Å². The molecule has 0 aromatic carbocycles. The van der Waals surface area contributed by atoms with Crippen molar-refractivity contribution in [3.8, 4) is 0 Å². The molecule has 4 rings (SSSR count). The SMILES string of the molecule is C=C(C)C(=O)OC12CC3(C(C)(C)OC(C)C(C)(C)O)CC(C(C)(C)OC(C)C(C)(C)O)(C1)CC(C(C)(C)OC(C)C(C)(C)O)(C2)C3. The first-order valence-electron chi connectivity index (χ1n) is 17.3. The van der Waals surface area contributed by atoms with Crippen molar-refractivity contribution in [2.24, 2.45) is 16.2 Å². The maximum absolute atomic E-state index is 13.5. The standard InChI is InChI=1S/C38H68O8/c1-24(2)28(39)46-38-21-35(32(12,13)43-25(3)29(6,7)40)18-36(22-38,33(14,15)44-26(4)30(8,9)41)20-37(19-35,23-38)34(16,17)45-27(5)31(10,11)42/h25-27,40-42H,1,18-23H2,2-17H3. The molecule has 0 aromatic heterocycles. The van der Waals surface area contributed by atoms with Gasteiger partial charge in [0.25, 0.3) is 0 Å². The van der Waals surface area contributed by atoms with Gasteiger partial charge in [0.05, 0.1) is 51.9 Å². The Morgan fingerprint density at radius 1 is 0.565 bits per heavy atom. The third-order valence-corrected chi connectivity index (χ3v) is 12.9. The van der Waals surface area contributed by atoms with E-state index in [4.69, 9.17) is 18.9 Å². The molecule has 3 unspecified atom stereocenters. The van der Waals surface area contributed by atoms with E-state index in [-0.39, 0.29) is 0 Å². The number of aliphatic hydroxyl groups is 3. The van der Waals surface area contributed by atoms with Crippen molar-refractivity contribution in [1.82, 2.24) is 0 Å². The van der Waals surface area contributed by atoms with Gasteiger partial charge in [0.15, 0.2) is 0 Å². The molecule has 0 aliphatic heterocycles. The van der Waals surface area contributed by atoms with Gasteiger partial charge in [-0.05, 0) is 149 Å². The fourth-order valence-corrected chi connectivity index (χ4v) is 8.98. The zero-order valence-electron chi connectivity index (χ0n) is 32.1. The Labute approximate surface area is 280 Å². The third kappa shape index (κ3) is 7.00. The minimum absolute atomic E-state index is 0.344. The van der Waals surface area contributed by atoms with E-state index >= 15 is 0 Å². The summed E-state index contributed by atoms with van der Waals surface area (Å²) in [6.45, 7) is 34.5. The molecule has 8 heteroatoms. The third-order valence-electron chi connectivity index (χ3n) is 12.9. The van der Waals surface area contributed by atoms with Gasteiger partial charge in [-0.15, -0.1) is 0 Å². The van der Waals surface area contributed by atoms with Crippen LogP contribution in [0.1, 0.15) is 149 Å². The summed E-state index contributed by atoms with van der Waals surface area (Å²) < 4.78 is 27.3. The lowest BCUT2D eigenvalue weighted by atomic mass is 9.31. The molecular formula is C38H68O8. The molecule has 4 aliphatic rings. The normalized spacial score (nSPS) is 32.7. The van der Waals surface area contributed by atoms with Gasteiger partial charge in [0.1, 0.15) is 5.60 Å². The van der Waals surface area contributed by atoms with Gasteiger partial charge >= 0.3 is 5.97 Å². The molecule has 268 valence electrons. The summed E-state index contributed by atoms with van der Waals surface area (Å²) in [5.74, 6) is -0.418. The van der Waals surface area contributed by atoms with Crippen molar-refractivity contribution >= 4 is 5.97 Å². The number of rotatable bonds is 14. The average molecular weight is 653 g/mol. The van der Waals surface area contributed by atoms with Crippen LogP contribution in [0.3, 0.4) is 0 Å². The smallest absolute Gasteiger partial charge is 0.333 e. The van der Waals surface area contributed by atoms with Crippen LogP contribution in [-0.4, -0.2) is 78.8 Å². The summed E-state index contributed by atoms with van der Waals surface area (Å²) in [4.78, 5) is 13.5. The van der Waals surface area contributed by atoms with Gasteiger partial charge in [-0.25, -0.2) is 4.79 Å². The molecule has 0 heterocycles. The van der Waals surface area contributed by atoms with E-state index in [1.165, 1.54) is 0 Å². The van der Waals surface area contributed by atoms with Crippen LogP contribution >= 0.6 is 0 Å². The molecule has 3 atom stereocenters. The highest BCUT2D eigenvalue weighted by molar-refractivity contribution is 5.87. The van der Waals surface area contributed by atoms with Crippen LogP contribution in [0.2, 0.25) is 0 Å². The van der Waals surface area contributed by atoms with Crippen LogP contribution in [0.4, 0.5) is 0 Å². The predicted octanol–water partition coefficient (Wildman–Crippen LogP) is 7.05. The van der Waals surface area contributed by atoms with Crippen molar-refractivity contribution < 1.29 is 39.1 Å². The van der Waals surface area contributed by atoms with Gasteiger partial charge in [-0.2, -0.15) is 0 Å². The molecule has 4 fully saturated rings. The summed E-state index contributed by atoms with van der Waals surface area (Å²) in [5.41, 5.74) is -7.61. The van der Waals surface area contributed by atoms with Crippen molar-refractivity contribution in [2.45, 2.75) is 207 Å². The first kappa shape index (κ1) is 39.4. The Bertz CT molecular complexity index is 1030. The molecule has 0 aromatic rings. The zero-order chi connectivity index (χ0) is 36.0. The number of hydrogen-bond donors (Lipinski definition) is 3. The Morgan fingerprint density at radius 3 is 1.00 bits per heavy atom. The lowest BCUT2D eigenvalue weighted by Gasteiger charge is -2.77. The van der Waals surface area contributed by atoms with Crippen molar-refractivity contribution in [1.29, 1.82) is 0 Å². The first-order chi connectivity index (χ1) is 20.2. The molecule has 3 N–H and O–H groups in total. The second-order valence-corrected chi connectivity index (χ2v) is 19.0. The molecule has 0 amide bonds. The van der Waals surface area contributed by atoms with Crippen LogP contribution in [0.5, 0.6) is 0 Å². The maximum Gasteiger partial charge on any atom is 0.333 e. The van der Waals surface area contributed by atoms with E-state index in [1.54, 1.807) is 48.5 Å². The summed E-state index contributed by atoms with van der Waals surface area (Å²) in [7, 11) is 0. The minimum atomic E-state index is -1.08. The van der Waals surface area contributed by atoms with E-state index in [0.29, 0.717) is 24.8 Å². The number of esters is 1. The highest BCUT2D eigenvalue weighted by Gasteiger charge is 2.78. The summed E-state index contributed by atoms with van der Waals surface area (Å²) in [6, 6.07) is 0. The van der Waals surface area contributed by atoms with Crippen LogP contribution < -0.4 is 0 Å². The van der Waals surface area contributed by atoms with E-state index < -0.39 is 79.7 Å². The lowest BCUT2D eigenvalue weighted by molar-refractivity contribution is -0.357. The van der Waals surface area contributed by atoms with E-state index in [1.807, 2.05) is 20.8 Å². The van der Waals surface area contributed by atoms with Crippen molar-refractivity contribution in [3.05, 3.63) is 12.2 Å². The van der Waals surface area contributed by atoms with E-state index in [2.05, 4.69) is 48.1 Å². The topological polar surface area (TPSA) is 115 Å². The minimum Gasteiger partial charge on any atom is -0.456 e. The predicted molar refractivity (Wildman–Crippen MR) is 181 cm³/mol. The second kappa shape index (κ2) is 11.5. The second-order valence-electron chi connectivity index (χ2n) is 19.0. The first-order valence-corrected chi connectivity index (χ1v) is 17.3. The Morgan fingerprint density at radius 2 is 0.804 bits per heavy atom. The monoisotopic (exact) mass is 652 g/mol. The maximum atomic E-state index is 13.5. The fourth-order valence-electron chi connectivity index (χ4n) is 8.98. The molecule has 0 spiro atoms. The van der Waals surface area contributed by atoms with Crippen molar-refractivity contribution in [2.75, 3.05) is 0 Å². The van der Waals surface area contributed by atoms with E-state index in [9.17, 15) is 20.1 Å². The molecule has 46 heavy (non-hydrogen) atoms. The Balaban J connectivity index is 2.35. The molecular weight excluding hydrogens is 584 g/mol. The average Bonchev–Trinajstić information content (AvgIpc) is 2.80. The van der Waals surface area contributed by atoms with Gasteiger partial charge in [-0.1, -0.05) is 6.58 Å². The molecule has 4 saturated carbocycles. The Hall–Kier alpha value is -1.03. The van der Waals surface area contributed by atoms with Gasteiger partial charge in [0.2, 0.25) is 0 Å². The van der Waals surface area contributed by atoms with Crippen LogP contribution in [-0.2, 0) is 23.7 Å². The molecule has 8 nitrogen and oxygen atoms in total.